The second kappa shape index (κ2) is 7.06. The monoisotopic (exact) mass is 316 g/mol. The van der Waals surface area contributed by atoms with Crippen LogP contribution in [0.3, 0.4) is 0 Å². The first-order chi connectivity index (χ1) is 11.2. The minimum atomic E-state index is -0.461. The Kier molecular flexibility index (Phi) is 4.88. The predicted molar refractivity (Wildman–Crippen MR) is 85.8 cm³/mol. The van der Waals surface area contributed by atoms with Gasteiger partial charge >= 0.3 is 0 Å². The second-order valence-corrected chi connectivity index (χ2v) is 5.92. The lowest BCUT2D eigenvalue weighted by Gasteiger charge is -2.36. The molecule has 122 valence electrons. The molecule has 0 spiro atoms. The van der Waals surface area contributed by atoms with Crippen LogP contribution in [0, 0.1) is 5.82 Å². The number of ether oxygens (including phenoxy) is 1. The fourth-order valence-electron chi connectivity index (χ4n) is 3.21. The fourth-order valence-corrected chi connectivity index (χ4v) is 3.21. The summed E-state index contributed by atoms with van der Waals surface area (Å²) < 4.78 is 18.3. The maximum absolute atomic E-state index is 13.0. The summed E-state index contributed by atoms with van der Waals surface area (Å²) in [4.78, 5) is 6.40. The third-order valence-electron chi connectivity index (χ3n) is 4.40. The molecule has 0 amide bonds. The number of hydrogen-bond donors (Lipinski definition) is 1. The van der Waals surface area contributed by atoms with Crippen LogP contribution in [0.2, 0.25) is 0 Å². The highest BCUT2D eigenvalue weighted by atomic mass is 19.1. The molecule has 2 aromatic rings. The zero-order chi connectivity index (χ0) is 16.2. The van der Waals surface area contributed by atoms with Crippen molar-refractivity contribution in [3.8, 4) is 5.88 Å². The van der Waals surface area contributed by atoms with Crippen LogP contribution in [0.5, 0.6) is 5.88 Å². The van der Waals surface area contributed by atoms with E-state index < -0.39 is 6.10 Å². The zero-order valence-corrected chi connectivity index (χ0v) is 13.2. The number of β-amino-alcohol motifs (C(OH)–C–C–N with tert-alkyl or cyclic N) is 1. The van der Waals surface area contributed by atoms with Crippen LogP contribution in [0.4, 0.5) is 4.39 Å². The Morgan fingerprint density at radius 3 is 2.78 bits per heavy atom. The van der Waals surface area contributed by atoms with Crippen molar-refractivity contribution >= 4 is 0 Å². The molecule has 0 radical (unpaired) electrons. The fraction of sp³-hybridized carbons (Fsp3) is 0.389. The van der Waals surface area contributed by atoms with Gasteiger partial charge in [-0.05, 0) is 36.7 Å². The normalized spacial score (nSPS) is 22.0. The number of pyridine rings is 1. The molecule has 2 atom stereocenters. The van der Waals surface area contributed by atoms with Gasteiger partial charge in [0.05, 0.1) is 13.2 Å². The second-order valence-electron chi connectivity index (χ2n) is 5.92. The summed E-state index contributed by atoms with van der Waals surface area (Å²) in [6.45, 7) is 2.15. The molecule has 1 aliphatic heterocycles. The Bertz CT molecular complexity index is 648. The smallest absolute Gasteiger partial charge is 0.217 e. The Balaban J connectivity index is 1.65. The van der Waals surface area contributed by atoms with Gasteiger partial charge in [-0.2, -0.15) is 0 Å². The van der Waals surface area contributed by atoms with Gasteiger partial charge in [0, 0.05) is 30.8 Å². The molecule has 1 aliphatic rings. The lowest BCUT2D eigenvalue weighted by molar-refractivity contribution is 0.0472. The van der Waals surface area contributed by atoms with Gasteiger partial charge in [0.2, 0.25) is 5.88 Å². The van der Waals surface area contributed by atoms with E-state index >= 15 is 0 Å². The molecule has 4 nitrogen and oxygen atoms in total. The Morgan fingerprint density at radius 2 is 2.09 bits per heavy atom. The van der Waals surface area contributed by atoms with Crippen molar-refractivity contribution in [1.29, 1.82) is 0 Å². The van der Waals surface area contributed by atoms with E-state index in [4.69, 9.17) is 4.74 Å². The molecule has 1 N–H and O–H groups in total. The quantitative estimate of drug-likeness (QED) is 0.942. The van der Waals surface area contributed by atoms with Crippen molar-refractivity contribution in [2.75, 3.05) is 20.2 Å². The lowest BCUT2D eigenvalue weighted by atomic mass is 9.87. The highest BCUT2D eigenvalue weighted by Gasteiger charge is 2.29. The number of halogens is 1. The van der Waals surface area contributed by atoms with Crippen LogP contribution >= 0.6 is 0 Å². The van der Waals surface area contributed by atoms with Gasteiger partial charge in [0.25, 0.3) is 0 Å². The first-order valence-corrected chi connectivity index (χ1v) is 7.81. The molecule has 23 heavy (non-hydrogen) atoms. The maximum Gasteiger partial charge on any atom is 0.217 e. The number of hydrogen-bond acceptors (Lipinski definition) is 4. The summed E-state index contributed by atoms with van der Waals surface area (Å²) in [7, 11) is 1.61. The van der Waals surface area contributed by atoms with E-state index in [9.17, 15) is 9.50 Å². The molecule has 1 aromatic heterocycles. The molecular weight excluding hydrogens is 295 g/mol. The van der Waals surface area contributed by atoms with E-state index in [1.54, 1.807) is 25.4 Å². The SMILES string of the molecule is COc1ncccc1CN1CC[C@H](c2ccc(F)cc2)[C@@H](O)C1. The van der Waals surface area contributed by atoms with Crippen LogP contribution in [-0.2, 0) is 6.54 Å². The molecule has 2 heterocycles. The Labute approximate surface area is 135 Å². The third kappa shape index (κ3) is 3.68. The van der Waals surface area contributed by atoms with Crippen LogP contribution < -0.4 is 4.74 Å². The molecule has 5 heteroatoms. The van der Waals surface area contributed by atoms with Crippen LogP contribution in [0.15, 0.2) is 42.6 Å². The van der Waals surface area contributed by atoms with Crippen molar-refractivity contribution in [3.63, 3.8) is 0 Å². The molecule has 1 saturated heterocycles. The number of aromatic nitrogens is 1. The summed E-state index contributed by atoms with van der Waals surface area (Å²) in [5.74, 6) is 0.439. The summed E-state index contributed by atoms with van der Waals surface area (Å²) >= 11 is 0. The van der Waals surface area contributed by atoms with Gasteiger partial charge in [-0.15, -0.1) is 0 Å². The molecule has 1 fully saturated rings. The van der Waals surface area contributed by atoms with Gasteiger partial charge < -0.3 is 9.84 Å². The van der Waals surface area contributed by atoms with Gasteiger partial charge in [0.15, 0.2) is 0 Å². The van der Waals surface area contributed by atoms with Crippen molar-refractivity contribution in [1.82, 2.24) is 9.88 Å². The first-order valence-electron chi connectivity index (χ1n) is 7.81. The summed E-state index contributed by atoms with van der Waals surface area (Å²) in [6.07, 6.45) is 2.09. The minimum Gasteiger partial charge on any atom is -0.481 e. The molecule has 0 aliphatic carbocycles. The van der Waals surface area contributed by atoms with E-state index in [0.717, 1.165) is 24.1 Å². The summed E-state index contributed by atoms with van der Waals surface area (Å²) in [5, 5.41) is 10.5. The highest BCUT2D eigenvalue weighted by molar-refractivity contribution is 5.26. The van der Waals surface area contributed by atoms with Crippen molar-refractivity contribution < 1.29 is 14.2 Å². The highest BCUT2D eigenvalue weighted by Crippen LogP contribution is 2.30. The Hall–Kier alpha value is -1.98. The number of nitrogens with zero attached hydrogens (tertiary/aromatic N) is 2. The third-order valence-corrected chi connectivity index (χ3v) is 4.40. The average molecular weight is 316 g/mol. The molecule has 3 rings (SSSR count). The van der Waals surface area contributed by atoms with Crippen molar-refractivity contribution in [2.45, 2.75) is 25.0 Å². The number of likely N-dealkylation sites (tertiary alicyclic amines) is 1. The van der Waals surface area contributed by atoms with Crippen molar-refractivity contribution in [3.05, 3.63) is 59.5 Å². The molecule has 0 bridgehead atoms. The Morgan fingerprint density at radius 1 is 1.30 bits per heavy atom. The first kappa shape index (κ1) is 15.9. The van der Waals surface area contributed by atoms with E-state index in [1.807, 2.05) is 12.1 Å². The zero-order valence-electron chi connectivity index (χ0n) is 13.2. The van der Waals surface area contributed by atoms with Gasteiger partial charge in [0.1, 0.15) is 5.82 Å². The number of aliphatic hydroxyl groups excluding tert-OH is 1. The van der Waals surface area contributed by atoms with Crippen molar-refractivity contribution in [2.24, 2.45) is 0 Å². The number of benzene rings is 1. The molecule has 1 aromatic carbocycles. The van der Waals surface area contributed by atoms with Crippen LogP contribution in [0.25, 0.3) is 0 Å². The summed E-state index contributed by atoms with van der Waals surface area (Å²) in [5.41, 5.74) is 2.01. The largest absolute Gasteiger partial charge is 0.481 e. The van der Waals surface area contributed by atoms with Crippen LogP contribution in [0.1, 0.15) is 23.5 Å². The van der Waals surface area contributed by atoms with E-state index in [2.05, 4.69) is 9.88 Å². The van der Waals surface area contributed by atoms with Crippen LogP contribution in [-0.4, -0.2) is 41.3 Å². The number of piperidine rings is 1. The molecule has 0 unspecified atom stereocenters. The van der Waals surface area contributed by atoms with Gasteiger partial charge in [-0.1, -0.05) is 18.2 Å². The number of methoxy groups -OCH3 is 1. The summed E-state index contributed by atoms with van der Waals surface area (Å²) in [6, 6.07) is 10.3. The standard InChI is InChI=1S/C18H21FN2O2/c1-23-18-14(3-2-9-20-18)11-21-10-8-16(17(22)12-21)13-4-6-15(19)7-5-13/h2-7,9,16-17,22H,8,10-12H2,1H3/t16-,17+/m1/s1. The lowest BCUT2D eigenvalue weighted by Crippen LogP contribution is -2.42. The van der Waals surface area contributed by atoms with Gasteiger partial charge in [-0.25, -0.2) is 9.37 Å². The minimum absolute atomic E-state index is 0.0580. The number of rotatable bonds is 4. The average Bonchev–Trinajstić information content (AvgIpc) is 2.57. The molecular formula is C18H21FN2O2. The maximum atomic E-state index is 13.0. The number of aliphatic hydroxyl groups is 1. The topological polar surface area (TPSA) is 45.6 Å². The van der Waals surface area contributed by atoms with E-state index in [0.29, 0.717) is 19.0 Å². The molecule has 0 saturated carbocycles. The van der Waals surface area contributed by atoms with E-state index in [-0.39, 0.29) is 11.7 Å². The predicted octanol–water partition coefficient (Wildman–Crippen LogP) is 2.58. The van der Waals surface area contributed by atoms with E-state index in [1.165, 1.54) is 12.1 Å². The van der Waals surface area contributed by atoms with Gasteiger partial charge in [-0.3, -0.25) is 4.90 Å².